The van der Waals surface area contributed by atoms with Crippen molar-refractivity contribution in [1.82, 2.24) is 10.6 Å². The molecule has 24 heavy (non-hydrogen) atoms. The van der Waals surface area contributed by atoms with E-state index in [9.17, 15) is 0 Å². The first-order valence-corrected chi connectivity index (χ1v) is 8.43. The van der Waals surface area contributed by atoms with E-state index in [0.29, 0.717) is 6.61 Å². The fraction of sp³-hybridized carbons (Fsp3) is 0.400. The molecule has 0 atom stereocenters. The fourth-order valence-corrected chi connectivity index (χ4v) is 2.53. The van der Waals surface area contributed by atoms with Gasteiger partial charge in [0.25, 0.3) is 0 Å². The quantitative estimate of drug-likeness (QED) is 0.657. The lowest BCUT2D eigenvalue weighted by molar-refractivity contribution is 0.284. The van der Waals surface area contributed by atoms with Gasteiger partial charge in [0.2, 0.25) is 0 Å². The summed E-state index contributed by atoms with van der Waals surface area (Å²) >= 11 is 0. The van der Waals surface area contributed by atoms with E-state index in [1.807, 2.05) is 25.2 Å². The molecule has 0 aliphatic rings. The van der Waals surface area contributed by atoms with Crippen LogP contribution in [0.5, 0.6) is 11.5 Å². The van der Waals surface area contributed by atoms with Gasteiger partial charge in [-0.3, -0.25) is 0 Å². The van der Waals surface area contributed by atoms with E-state index in [1.165, 1.54) is 11.1 Å². The number of ether oxygens (including phenoxy) is 2. The number of nitrogens with one attached hydrogen (secondary N) is 2. The van der Waals surface area contributed by atoms with Gasteiger partial charge in [-0.05, 0) is 56.7 Å². The number of benzene rings is 2. The summed E-state index contributed by atoms with van der Waals surface area (Å²) in [5.41, 5.74) is 3.59. The summed E-state index contributed by atoms with van der Waals surface area (Å²) in [7, 11) is 3.65. The molecule has 0 aromatic heterocycles. The van der Waals surface area contributed by atoms with Gasteiger partial charge >= 0.3 is 0 Å². The summed E-state index contributed by atoms with van der Waals surface area (Å²) in [5, 5.41) is 6.58. The molecule has 0 fully saturated rings. The van der Waals surface area contributed by atoms with E-state index in [2.05, 4.69) is 41.8 Å². The zero-order chi connectivity index (χ0) is 17.2. The highest BCUT2D eigenvalue weighted by Crippen LogP contribution is 2.28. The molecule has 2 rings (SSSR count). The minimum absolute atomic E-state index is 0.541. The predicted molar refractivity (Wildman–Crippen MR) is 98.8 cm³/mol. The number of aryl methyl sites for hydroxylation is 1. The van der Waals surface area contributed by atoms with E-state index in [-0.39, 0.29) is 0 Å². The van der Waals surface area contributed by atoms with Gasteiger partial charge < -0.3 is 20.1 Å². The highest BCUT2D eigenvalue weighted by molar-refractivity contribution is 5.43. The second kappa shape index (κ2) is 9.96. The summed E-state index contributed by atoms with van der Waals surface area (Å²) < 4.78 is 11.4. The van der Waals surface area contributed by atoms with Crippen LogP contribution in [0.1, 0.15) is 23.1 Å². The molecular formula is C20H28N2O2. The summed E-state index contributed by atoms with van der Waals surface area (Å²) in [6.45, 7) is 5.48. The van der Waals surface area contributed by atoms with Gasteiger partial charge in [-0.2, -0.15) is 0 Å². The van der Waals surface area contributed by atoms with Crippen LogP contribution >= 0.6 is 0 Å². The van der Waals surface area contributed by atoms with Crippen molar-refractivity contribution in [2.75, 3.05) is 27.2 Å². The van der Waals surface area contributed by atoms with Crippen LogP contribution in [-0.2, 0) is 13.2 Å². The van der Waals surface area contributed by atoms with Crippen LogP contribution < -0.4 is 20.1 Å². The first-order chi connectivity index (χ1) is 11.7. The largest absolute Gasteiger partial charge is 0.493 e. The lowest BCUT2D eigenvalue weighted by Gasteiger charge is -2.13. The zero-order valence-electron chi connectivity index (χ0n) is 14.9. The Morgan fingerprint density at radius 1 is 0.958 bits per heavy atom. The van der Waals surface area contributed by atoms with Crippen molar-refractivity contribution in [3.05, 3.63) is 59.2 Å². The lowest BCUT2D eigenvalue weighted by Crippen LogP contribution is -2.19. The Bertz CT molecular complexity index is 629. The van der Waals surface area contributed by atoms with Crippen molar-refractivity contribution in [2.24, 2.45) is 0 Å². The minimum atomic E-state index is 0.541. The summed E-state index contributed by atoms with van der Waals surface area (Å²) in [6.07, 6.45) is 1.12. The average molecular weight is 328 g/mol. The van der Waals surface area contributed by atoms with Gasteiger partial charge in [0.05, 0.1) is 7.11 Å². The maximum absolute atomic E-state index is 5.93. The first-order valence-electron chi connectivity index (χ1n) is 8.43. The number of rotatable bonds is 10. The molecular weight excluding hydrogens is 300 g/mol. The third kappa shape index (κ3) is 5.87. The normalized spacial score (nSPS) is 10.6. The van der Waals surface area contributed by atoms with Crippen molar-refractivity contribution in [1.29, 1.82) is 0 Å². The number of methoxy groups -OCH3 is 1. The molecule has 0 saturated carbocycles. The Kier molecular flexibility index (Phi) is 7.59. The second-order valence-corrected chi connectivity index (χ2v) is 5.90. The van der Waals surface area contributed by atoms with Gasteiger partial charge in [0, 0.05) is 6.54 Å². The van der Waals surface area contributed by atoms with E-state index in [4.69, 9.17) is 9.47 Å². The minimum Gasteiger partial charge on any atom is -0.493 e. The summed E-state index contributed by atoms with van der Waals surface area (Å²) in [5.74, 6) is 1.55. The number of hydrogen-bond donors (Lipinski definition) is 2. The number of hydrogen-bond acceptors (Lipinski definition) is 4. The molecule has 2 aromatic carbocycles. The predicted octanol–water partition coefficient (Wildman–Crippen LogP) is 3.28. The summed E-state index contributed by atoms with van der Waals surface area (Å²) in [4.78, 5) is 0. The summed E-state index contributed by atoms with van der Waals surface area (Å²) in [6, 6.07) is 14.4. The highest BCUT2D eigenvalue weighted by atomic mass is 16.5. The van der Waals surface area contributed by atoms with E-state index < -0.39 is 0 Å². The van der Waals surface area contributed by atoms with Gasteiger partial charge in [0.1, 0.15) is 6.61 Å². The fourth-order valence-electron chi connectivity index (χ4n) is 2.53. The van der Waals surface area contributed by atoms with Crippen LogP contribution in [0.15, 0.2) is 42.5 Å². The second-order valence-electron chi connectivity index (χ2n) is 5.90. The van der Waals surface area contributed by atoms with Crippen LogP contribution in [0, 0.1) is 6.92 Å². The standard InChI is InChI=1S/C20H28N2O2/c1-16-6-4-7-18(12-16)15-24-19-9-8-17(13-20(19)23-3)14-22-11-5-10-21-2/h4,6-9,12-13,21-22H,5,10-11,14-15H2,1-3H3. The van der Waals surface area contributed by atoms with Crippen LogP contribution in [0.3, 0.4) is 0 Å². The molecule has 2 aromatic rings. The Morgan fingerprint density at radius 2 is 1.83 bits per heavy atom. The molecule has 2 N–H and O–H groups in total. The Balaban J connectivity index is 1.91. The van der Waals surface area contributed by atoms with E-state index in [0.717, 1.165) is 43.1 Å². The molecule has 0 radical (unpaired) electrons. The van der Waals surface area contributed by atoms with Crippen LogP contribution in [0.25, 0.3) is 0 Å². The maximum atomic E-state index is 5.93. The van der Waals surface area contributed by atoms with Crippen LogP contribution in [0.4, 0.5) is 0 Å². The Hall–Kier alpha value is -2.04. The average Bonchev–Trinajstić information content (AvgIpc) is 2.60. The third-order valence-corrected chi connectivity index (χ3v) is 3.81. The van der Waals surface area contributed by atoms with Crippen molar-refractivity contribution < 1.29 is 9.47 Å². The SMILES string of the molecule is CNCCCNCc1ccc(OCc2cccc(C)c2)c(OC)c1. The topological polar surface area (TPSA) is 42.5 Å². The van der Waals surface area contributed by atoms with Crippen LogP contribution in [-0.4, -0.2) is 27.2 Å². The highest BCUT2D eigenvalue weighted by Gasteiger charge is 2.06. The smallest absolute Gasteiger partial charge is 0.161 e. The maximum Gasteiger partial charge on any atom is 0.161 e. The van der Waals surface area contributed by atoms with Gasteiger partial charge in [-0.15, -0.1) is 0 Å². The first kappa shape index (κ1) is 18.3. The molecule has 130 valence electrons. The molecule has 4 nitrogen and oxygen atoms in total. The zero-order valence-corrected chi connectivity index (χ0v) is 14.9. The monoisotopic (exact) mass is 328 g/mol. The molecule has 0 aliphatic heterocycles. The Morgan fingerprint density at radius 3 is 2.58 bits per heavy atom. The molecule has 4 heteroatoms. The van der Waals surface area contributed by atoms with Gasteiger partial charge in [-0.25, -0.2) is 0 Å². The molecule has 0 unspecified atom stereocenters. The molecule has 0 spiro atoms. The van der Waals surface area contributed by atoms with Crippen molar-refractivity contribution in [3.63, 3.8) is 0 Å². The molecule has 0 saturated heterocycles. The van der Waals surface area contributed by atoms with Gasteiger partial charge in [0.15, 0.2) is 11.5 Å². The third-order valence-electron chi connectivity index (χ3n) is 3.81. The Labute approximate surface area is 145 Å². The molecule has 0 amide bonds. The molecule has 0 heterocycles. The lowest BCUT2D eigenvalue weighted by atomic mass is 10.1. The van der Waals surface area contributed by atoms with Crippen LogP contribution in [0.2, 0.25) is 0 Å². The van der Waals surface area contributed by atoms with E-state index >= 15 is 0 Å². The molecule has 0 aliphatic carbocycles. The van der Waals surface area contributed by atoms with Gasteiger partial charge in [-0.1, -0.05) is 35.9 Å². The van der Waals surface area contributed by atoms with Crippen molar-refractivity contribution >= 4 is 0 Å². The van der Waals surface area contributed by atoms with E-state index in [1.54, 1.807) is 7.11 Å². The molecule has 0 bridgehead atoms. The van der Waals surface area contributed by atoms with Crippen molar-refractivity contribution in [3.8, 4) is 11.5 Å². The van der Waals surface area contributed by atoms with Crippen molar-refractivity contribution in [2.45, 2.75) is 26.5 Å².